The van der Waals surface area contributed by atoms with Crippen LogP contribution in [0.4, 0.5) is 0 Å². The largest absolute Gasteiger partial charge is 0.456 e. The maximum Gasteiger partial charge on any atom is 0.338 e. The fraction of sp³-hybridized carbons (Fsp3) is 0.333. The molecule has 9 heteroatoms. The van der Waals surface area contributed by atoms with E-state index in [-0.39, 0.29) is 10.6 Å². The number of rotatable bonds is 6. The first-order valence-corrected chi connectivity index (χ1v) is 7.76. The molecule has 0 heterocycles. The SMILES string of the molecule is CC(=O)N(O)CC(CP(=O)(O)O)OC(=O)c1ccccc1. The number of benzene rings is 1. The van der Waals surface area contributed by atoms with E-state index in [1.54, 1.807) is 18.2 Å². The molecule has 0 saturated heterocycles. The molecular weight excluding hydrogens is 301 g/mol. The van der Waals surface area contributed by atoms with Crippen molar-refractivity contribution in [1.82, 2.24) is 5.06 Å². The molecule has 3 N–H and O–H groups in total. The summed E-state index contributed by atoms with van der Waals surface area (Å²) in [5, 5.41) is 9.55. The summed E-state index contributed by atoms with van der Waals surface area (Å²) >= 11 is 0. The highest BCUT2D eigenvalue weighted by Gasteiger charge is 2.27. The zero-order valence-corrected chi connectivity index (χ0v) is 12.1. The van der Waals surface area contributed by atoms with Gasteiger partial charge in [0.2, 0.25) is 5.91 Å². The van der Waals surface area contributed by atoms with Gasteiger partial charge in [0.15, 0.2) is 0 Å². The van der Waals surface area contributed by atoms with Gasteiger partial charge in [-0.25, -0.2) is 9.86 Å². The zero-order chi connectivity index (χ0) is 16.0. The van der Waals surface area contributed by atoms with Crippen LogP contribution in [0, 0.1) is 0 Å². The molecule has 1 atom stereocenters. The van der Waals surface area contributed by atoms with Gasteiger partial charge < -0.3 is 14.5 Å². The summed E-state index contributed by atoms with van der Waals surface area (Å²) in [5.74, 6) is -1.53. The van der Waals surface area contributed by atoms with Crippen molar-refractivity contribution in [2.75, 3.05) is 12.7 Å². The molecular formula is C12H16NO7P. The molecule has 0 bridgehead atoms. The van der Waals surface area contributed by atoms with Crippen LogP contribution >= 0.6 is 7.60 Å². The third-order valence-corrected chi connectivity index (χ3v) is 3.35. The van der Waals surface area contributed by atoms with E-state index in [4.69, 9.17) is 14.5 Å². The number of ether oxygens (including phenoxy) is 1. The number of amides is 1. The van der Waals surface area contributed by atoms with Crippen LogP contribution in [-0.2, 0) is 14.1 Å². The quantitative estimate of drug-likeness (QED) is 0.304. The Morgan fingerprint density at radius 2 is 1.86 bits per heavy atom. The summed E-state index contributed by atoms with van der Waals surface area (Å²) in [6, 6.07) is 7.83. The van der Waals surface area contributed by atoms with Gasteiger partial charge in [-0.1, -0.05) is 18.2 Å². The van der Waals surface area contributed by atoms with Crippen LogP contribution in [0.25, 0.3) is 0 Å². The molecule has 0 fully saturated rings. The van der Waals surface area contributed by atoms with Gasteiger partial charge in [-0.2, -0.15) is 0 Å². The van der Waals surface area contributed by atoms with Crippen LogP contribution in [0.2, 0.25) is 0 Å². The minimum atomic E-state index is -4.48. The van der Waals surface area contributed by atoms with Gasteiger partial charge in [-0.05, 0) is 12.1 Å². The summed E-state index contributed by atoms with van der Waals surface area (Å²) in [7, 11) is -4.48. The molecule has 116 valence electrons. The van der Waals surface area contributed by atoms with E-state index < -0.39 is 38.3 Å². The number of hydrogen-bond donors (Lipinski definition) is 3. The Hall–Kier alpha value is -1.73. The predicted octanol–water partition coefficient (Wildman–Crippen LogP) is 0.627. The van der Waals surface area contributed by atoms with Crippen molar-refractivity contribution in [2.24, 2.45) is 0 Å². The average Bonchev–Trinajstić information content (AvgIpc) is 2.37. The lowest BCUT2D eigenvalue weighted by atomic mass is 10.2. The maximum atomic E-state index is 11.8. The van der Waals surface area contributed by atoms with Gasteiger partial charge in [0.05, 0.1) is 18.3 Å². The highest BCUT2D eigenvalue weighted by atomic mass is 31.2. The summed E-state index contributed by atoms with van der Waals surface area (Å²) in [5.41, 5.74) is 0.195. The Kier molecular flexibility index (Phi) is 6.04. The third-order valence-electron chi connectivity index (χ3n) is 2.46. The highest BCUT2D eigenvalue weighted by Crippen LogP contribution is 2.36. The lowest BCUT2D eigenvalue weighted by Crippen LogP contribution is -2.37. The van der Waals surface area contributed by atoms with Crippen LogP contribution in [0.3, 0.4) is 0 Å². The first-order chi connectivity index (χ1) is 9.69. The van der Waals surface area contributed by atoms with Gasteiger partial charge in [-0.3, -0.25) is 14.6 Å². The van der Waals surface area contributed by atoms with Crippen molar-refractivity contribution in [3.63, 3.8) is 0 Å². The van der Waals surface area contributed by atoms with Crippen LogP contribution < -0.4 is 0 Å². The molecule has 8 nitrogen and oxygen atoms in total. The standard InChI is InChI=1S/C12H16NO7P/c1-9(14)13(16)7-11(8-21(17,18)19)20-12(15)10-5-3-2-4-6-10/h2-6,11,16H,7-8H2,1H3,(H2,17,18,19). The monoisotopic (exact) mass is 317 g/mol. The van der Waals surface area contributed by atoms with Crippen molar-refractivity contribution in [3.8, 4) is 0 Å². The van der Waals surface area contributed by atoms with Crippen molar-refractivity contribution in [1.29, 1.82) is 0 Å². The molecule has 21 heavy (non-hydrogen) atoms. The van der Waals surface area contributed by atoms with Gasteiger partial charge in [-0.15, -0.1) is 0 Å². The summed E-state index contributed by atoms with van der Waals surface area (Å²) in [6.45, 7) is 0.534. The Labute approximate surface area is 121 Å². The fourth-order valence-corrected chi connectivity index (χ4v) is 2.23. The van der Waals surface area contributed by atoms with E-state index in [1.807, 2.05) is 0 Å². The van der Waals surface area contributed by atoms with Gasteiger partial charge in [0.1, 0.15) is 6.10 Å². The van der Waals surface area contributed by atoms with Crippen LogP contribution in [-0.4, -0.2) is 50.7 Å². The molecule has 0 saturated carbocycles. The molecule has 0 radical (unpaired) electrons. The second-order valence-corrected chi connectivity index (χ2v) is 6.04. The smallest absolute Gasteiger partial charge is 0.338 e. The van der Waals surface area contributed by atoms with Crippen LogP contribution in [0.5, 0.6) is 0 Å². The average molecular weight is 317 g/mol. The van der Waals surface area contributed by atoms with Crippen molar-refractivity contribution >= 4 is 19.5 Å². The first-order valence-electron chi connectivity index (χ1n) is 5.96. The number of carbonyl (C=O) groups is 2. The predicted molar refractivity (Wildman–Crippen MR) is 71.7 cm³/mol. The minimum Gasteiger partial charge on any atom is -0.456 e. The number of hydroxylamine groups is 2. The number of esters is 1. The van der Waals surface area contributed by atoms with Crippen molar-refractivity contribution in [2.45, 2.75) is 13.0 Å². The number of carbonyl (C=O) groups excluding carboxylic acids is 2. The molecule has 1 unspecified atom stereocenters. The lowest BCUT2D eigenvalue weighted by Gasteiger charge is -2.22. The number of hydrogen-bond acceptors (Lipinski definition) is 5. The normalized spacial score (nSPS) is 12.6. The fourth-order valence-electron chi connectivity index (χ4n) is 1.51. The van der Waals surface area contributed by atoms with Gasteiger partial charge in [0, 0.05) is 6.92 Å². The van der Waals surface area contributed by atoms with E-state index in [0.717, 1.165) is 6.92 Å². The first kappa shape index (κ1) is 17.3. The Morgan fingerprint density at radius 1 is 1.29 bits per heavy atom. The molecule has 0 aliphatic rings. The topological polar surface area (TPSA) is 124 Å². The minimum absolute atomic E-state index is 0.195. The van der Waals surface area contributed by atoms with Gasteiger partial charge >= 0.3 is 13.6 Å². The zero-order valence-electron chi connectivity index (χ0n) is 11.2. The Morgan fingerprint density at radius 3 is 2.33 bits per heavy atom. The second kappa shape index (κ2) is 7.33. The highest BCUT2D eigenvalue weighted by molar-refractivity contribution is 7.51. The van der Waals surface area contributed by atoms with Crippen molar-refractivity contribution < 1.29 is 33.9 Å². The van der Waals surface area contributed by atoms with Crippen molar-refractivity contribution in [3.05, 3.63) is 35.9 Å². The molecule has 1 aromatic rings. The van der Waals surface area contributed by atoms with E-state index >= 15 is 0 Å². The molecule has 0 spiro atoms. The lowest BCUT2D eigenvalue weighted by molar-refractivity contribution is -0.167. The third kappa shape index (κ3) is 6.50. The molecule has 1 rings (SSSR count). The van der Waals surface area contributed by atoms with E-state index in [2.05, 4.69) is 0 Å². The molecule has 1 aromatic carbocycles. The van der Waals surface area contributed by atoms with Crippen LogP contribution in [0.15, 0.2) is 30.3 Å². The Balaban J connectivity index is 2.79. The summed E-state index contributed by atoms with van der Waals surface area (Å²) in [4.78, 5) is 40.7. The van der Waals surface area contributed by atoms with E-state index in [9.17, 15) is 19.4 Å². The second-order valence-electron chi connectivity index (χ2n) is 4.34. The van der Waals surface area contributed by atoms with E-state index in [1.165, 1.54) is 12.1 Å². The summed E-state index contributed by atoms with van der Waals surface area (Å²) in [6.07, 6.45) is -2.12. The molecule has 0 aliphatic heterocycles. The molecule has 1 amide bonds. The maximum absolute atomic E-state index is 11.8. The Bertz CT molecular complexity index is 542. The molecule has 0 aromatic heterocycles. The van der Waals surface area contributed by atoms with Crippen LogP contribution in [0.1, 0.15) is 17.3 Å². The molecule has 0 aliphatic carbocycles. The summed E-state index contributed by atoms with van der Waals surface area (Å²) < 4.78 is 16.0. The van der Waals surface area contributed by atoms with Gasteiger partial charge in [0.25, 0.3) is 0 Å². The van der Waals surface area contributed by atoms with E-state index in [0.29, 0.717) is 0 Å². The number of nitrogens with zero attached hydrogens (tertiary/aromatic N) is 1.